The summed E-state index contributed by atoms with van der Waals surface area (Å²) in [6, 6.07) is -11.0. The van der Waals surface area contributed by atoms with E-state index in [1.165, 1.54) is 0 Å². The predicted molar refractivity (Wildman–Crippen MR) is 167 cm³/mol. The number of alkyl halides is 34. The molecule has 0 bridgehead atoms. The number of aromatic nitrogens is 4. The van der Waals surface area contributed by atoms with Crippen LogP contribution in [-0.4, -0.2) is 139 Å². The minimum atomic E-state index is -9.20. The standard InChI is InChI=1S/C30H18F34N6O5/c1-14(2,3)75-13(73)66-7(11(72)74-30(63,64)26(53,54)22(45,46)18(37,38)16(33,34)20(41,42)24(49,50)28(58,59)60)4-5-70-6-65-8-9(70)67-12(68-10(8)71)69-29(61,62)25(51,52)21(43,44)17(35,36)15(31,32)19(39,40)23(47,48)27(55,56)57/h6-7H,4-5H2,1-3H3,(H,66,73)(H2,67,68,69,71)/t7-/m0/s1. The lowest BCUT2D eigenvalue weighted by Gasteiger charge is -2.42. The van der Waals surface area contributed by atoms with Gasteiger partial charge in [0.15, 0.2) is 11.2 Å². The second kappa shape index (κ2) is 18.3. The molecule has 0 aliphatic carbocycles. The molecule has 0 aliphatic heterocycles. The Kier molecular flexibility index (Phi) is 16.0. The Bertz CT molecular complexity index is 2490. The first-order valence-electron chi connectivity index (χ1n) is 17.8. The second-order valence-electron chi connectivity index (χ2n) is 15.5. The van der Waals surface area contributed by atoms with Gasteiger partial charge in [0.2, 0.25) is 5.95 Å². The van der Waals surface area contributed by atoms with Gasteiger partial charge in [-0.3, -0.25) is 15.1 Å². The summed E-state index contributed by atoms with van der Waals surface area (Å²) in [7, 11) is 0. The number of ether oxygens (including phenoxy) is 2. The number of nitrogens with zero attached hydrogens (tertiary/aromatic N) is 3. The number of fused-ring (bicyclic) bond motifs is 1. The fourth-order valence-electron chi connectivity index (χ4n) is 4.95. The zero-order valence-corrected chi connectivity index (χ0v) is 34.8. The van der Waals surface area contributed by atoms with Crippen molar-refractivity contribution in [2.45, 2.75) is 141 Å². The third kappa shape index (κ3) is 10.1. The number of halogens is 34. The number of hydrogen-bond donors (Lipinski definition) is 3. The summed E-state index contributed by atoms with van der Waals surface area (Å²) in [5.41, 5.74) is -7.22. The molecule has 11 nitrogen and oxygen atoms in total. The van der Waals surface area contributed by atoms with E-state index in [0.29, 0.717) is 0 Å². The van der Waals surface area contributed by atoms with Gasteiger partial charge in [0.25, 0.3) is 5.56 Å². The number of amides is 1. The zero-order valence-electron chi connectivity index (χ0n) is 34.8. The largest absolute Gasteiger partial charge is 0.473 e. The number of nitrogens with one attached hydrogen (secondary N) is 3. The van der Waals surface area contributed by atoms with Gasteiger partial charge in [-0.25, -0.2) is 14.6 Å². The van der Waals surface area contributed by atoms with Crippen molar-refractivity contribution in [2.75, 3.05) is 5.32 Å². The van der Waals surface area contributed by atoms with Crippen LogP contribution in [0.5, 0.6) is 0 Å². The van der Waals surface area contributed by atoms with Crippen molar-refractivity contribution in [3.63, 3.8) is 0 Å². The second-order valence-corrected chi connectivity index (χ2v) is 15.5. The lowest BCUT2D eigenvalue weighted by molar-refractivity contribution is -0.474. The molecule has 75 heavy (non-hydrogen) atoms. The van der Waals surface area contributed by atoms with E-state index in [1.54, 1.807) is 0 Å². The van der Waals surface area contributed by atoms with Gasteiger partial charge in [-0.1, -0.05) is 0 Å². The minimum Gasteiger partial charge on any atom is -0.444 e. The summed E-state index contributed by atoms with van der Waals surface area (Å²) >= 11 is 0. The van der Waals surface area contributed by atoms with Crippen molar-refractivity contribution in [3.05, 3.63) is 16.7 Å². The summed E-state index contributed by atoms with van der Waals surface area (Å²) in [6.07, 6.45) is -28.3. The number of esters is 1. The van der Waals surface area contributed by atoms with Crippen molar-refractivity contribution in [3.8, 4) is 0 Å². The van der Waals surface area contributed by atoms with Crippen LogP contribution in [-0.2, 0) is 20.8 Å². The smallest absolute Gasteiger partial charge is 0.444 e. The molecule has 2 aromatic heterocycles. The van der Waals surface area contributed by atoms with Gasteiger partial charge in [-0.15, -0.1) is 0 Å². The number of aryl methyl sites for hydroxylation is 1. The lowest BCUT2D eigenvalue weighted by Crippen LogP contribution is -2.75. The average molecular weight is 1190 g/mol. The predicted octanol–water partition coefficient (Wildman–Crippen LogP) is 11.3. The molecule has 0 radical (unpaired) electrons. The van der Waals surface area contributed by atoms with Crippen LogP contribution in [0.2, 0.25) is 0 Å². The van der Waals surface area contributed by atoms with Gasteiger partial charge in [0.05, 0.1) is 6.33 Å². The molecule has 0 aromatic carbocycles. The Balaban J connectivity index is 2.68. The maximum Gasteiger partial charge on any atom is 0.473 e. The van der Waals surface area contributed by atoms with Crippen molar-refractivity contribution < 1.29 is 168 Å². The van der Waals surface area contributed by atoms with Crippen LogP contribution in [0.3, 0.4) is 0 Å². The number of carbonyl (C=O) groups excluding carboxylic acids is 2. The van der Waals surface area contributed by atoms with Crippen LogP contribution in [0.15, 0.2) is 11.1 Å². The molecule has 2 aromatic rings. The van der Waals surface area contributed by atoms with Gasteiger partial charge in [0.1, 0.15) is 11.6 Å². The highest BCUT2D eigenvalue weighted by atomic mass is 19.4. The summed E-state index contributed by atoms with van der Waals surface area (Å²) in [5, 5.41) is 0.627. The highest BCUT2D eigenvalue weighted by molar-refractivity contribution is 5.81. The van der Waals surface area contributed by atoms with Crippen molar-refractivity contribution in [2.24, 2.45) is 0 Å². The van der Waals surface area contributed by atoms with Crippen molar-refractivity contribution in [1.29, 1.82) is 0 Å². The van der Waals surface area contributed by atoms with Gasteiger partial charge in [0, 0.05) is 6.54 Å². The summed E-state index contributed by atoms with van der Waals surface area (Å²) in [6.45, 7) is 0.933. The van der Waals surface area contributed by atoms with E-state index >= 15 is 0 Å². The minimum absolute atomic E-state index is 0.0106. The average Bonchev–Trinajstić information content (AvgIpc) is 3.59. The van der Waals surface area contributed by atoms with E-state index in [0.717, 1.165) is 31.1 Å². The number of alkyl carbamates (subject to hydrolysis) is 1. The SMILES string of the molecule is CC(C)(C)OC(=O)N[C@@H](CCn1cnc2c(=O)[nH]c(NC(F)(F)C(F)(F)C(F)(F)C(F)(F)C(F)(F)C(F)(F)C(F)(F)C(F)(F)F)nc21)C(=O)OC(F)(F)C(F)(F)C(F)(F)C(F)(F)C(F)(F)C(F)(F)C(F)(F)C(F)(F)F. The van der Waals surface area contributed by atoms with Crippen LogP contribution in [0, 0.1) is 0 Å². The fraction of sp³-hybridized carbons (Fsp3) is 0.767. The normalized spacial score (nSPS) is 16.0. The van der Waals surface area contributed by atoms with E-state index in [2.05, 4.69) is 19.4 Å². The van der Waals surface area contributed by atoms with E-state index < -0.39 is 160 Å². The van der Waals surface area contributed by atoms with E-state index in [1.807, 2.05) is 0 Å². The summed E-state index contributed by atoms with van der Waals surface area (Å²) < 4.78 is 473. The Hall–Kier alpha value is -5.49. The summed E-state index contributed by atoms with van der Waals surface area (Å²) in [4.78, 5) is 43.9. The lowest BCUT2D eigenvalue weighted by atomic mass is 9.90. The van der Waals surface area contributed by atoms with Gasteiger partial charge in [-0.2, -0.15) is 154 Å². The van der Waals surface area contributed by atoms with Crippen LogP contribution >= 0.6 is 0 Å². The van der Waals surface area contributed by atoms with Crippen molar-refractivity contribution in [1.82, 2.24) is 24.8 Å². The van der Waals surface area contributed by atoms with Gasteiger partial charge < -0.3 is 19.4 Å². The van der Waals surface area contributed by atoms with Gasteiger partial charge >= 0.3 is 108 Å². The molecule has 0 saturated carbocycles. The molecule has 0 saturated heterocycles. The third-order valence-electron chi connectivity index (χ3n) is 9.03. The monoisotopic (exact) mass is 1190 g/mol. The molecular weight excluding hydrogens is 1170 g/mol. The third-order valence-corrected chi connectivity index (χ3v) is 9.03. The number of H-pyrrole nitrogens is 1. The molecule has 1 amide bonds. The number of anilines is 1. The quantitative estimate of drug-likeness (QED) is 0.0676. The Morgan fingerprint density at radius 1 is 0.533 bits per heavy atom. The molecule has 0 spiro atoms. The van der Waals surface area contributed by atoms with Crippen LogP contribution in [0.4, 0.5) is 160 Å². The van der Waals surface area contributed by atoms with Crippen LogP contribution in [0.25, 0.3) is 11.2 Å². The molecule has 0 fully saturated rings. The molecule has 2 heterocycles. The Labute approximate surface area is 386 Å². The van der Waals surface area contributed by atoms with E-state index in [9.17, 15) is 164 Å². The number of aromatic amines is 1. The Morgan fingerprint density at radius 3 is 1.24 bits per heavy atom. The number of hydrogen-bond acceptors (Lipinski definition) is 8. The molecule has 45 heteroatoms. The molecule has 2 rings (SSSR count). The maximum atomic E-state index is 14.7. The fourth-order valence-corrected chi connectivity index (χ4v) is 4.95. The number of carbonyl (C=O) groups is 2. The number of imidazole rings is 1. The molecule has 0 unspecified atom stereocenters. The van der Waals surface area contributed by atoms with Gasteiger partial charge in [-0.05, 0) is 27.2 Å². The summed E-state index contributed by atoms with van der Waals surface area (Å²) in [5.74, 6) is -113. The molecule has 436 valence electrons. The Morgan fingerprint density at radius 2 is 0.880 bits per heavy atom. The maximum absolute atomic E-state index is 14.7. The highest BCUT2D eigenvalue weighted by Crippen LogP contribution is 2.66. The molecular formula is C30H18F34N6O5. The highest BCUT2D eigenvalue weighted by Gasteiger charge is 2.97. The van der Waals surface area contributed by atoms with Crippen LogP contribution < -0.4 is 16.2 Å². The molecule has 1 atom stereocenters. The first-order chi connectivity index (χ1) is 32.4. The van der Waals surface area contributed by atoms with Crippen molar-refractivity contribution >= 4 is 29.2 Å². The van der Waals surface area contributed by atoms with Crippen LogP contribution in [0.1, 0.15) is 27.2 Å². The molecule has 3 N–H and O–H groups in total. The molecule has 0 aliphatic rings. The zero-order chi connectivity index (χ0) is 60.2. The first kappa shape index (κ1) is 65.6. The number of rotatable bonds is 20. The first-order valence-corrected chi connectivity index (χ1v) is 17.8. The van der Waals surface area contributed by atoms with E-state index in [-0.39, 0.29) is 10.9 Å². The topological polar surface area (TPSA) is 140 Å². The van der Waals surface area contributed by atoms with E-state index in [4.69, 9.17) is 0 Å².